The molecule has 0 saturated heterocycles. The number of hydrogen-bond acceptors (Lipinski definition) is 4. The molecule has 19 heavy (non-hydrogen) atoms. The maximum atomic E-state index is 12.9. The zero-order valence-corrected chi connectivity index (χ0v) is 9.65. The Morgan fingerprint density at radius 2 is 2.11 bits per heavy atom. The highest BCUT2D eigenvalue weighted by Crippen LogP contribution is 2.17. The third-order valence-corrected chi connectivity index (χ3v) is 2.32. The van der Waals surface area contributed by atoms with Crippen LogP contribution in [-0.4, -0.2) is 5.91 Å². The normalized spacial score (nSPS) is 10.3. The number of benzene rings is 1. The van der Waals surface area contributed by atoms with Crippen LogP contribution in [0.1, 0.15) is 16.1 Å². The molecule has 1 aromatic carbocycles. The van der Waals surface area contributed by atoms with Gasteiger partial charge in [0, 0.05) is 6.07 Å². The highest BCUT2D eigenvalue weighted by atomic mass is 19.2. The van der Waals surface area contributed by atoms with Gasteiger partial charge in [-0.2, -0.15) is 0 Å². The molecule has 1 heterocycles. The van der Waals surface area contributed by atoms with Crippen molar-refractivity contribution < 1.29 is 22.7 Å². The van der Waals surface area contributed by atoms with Gasteiger partial charge in [0.05, 0.1) is 5.56 Å². The quantitative estimate of drug-likeness (QED) is 0.503. The number of hydrazine groups is 1. The fourth-order valence-corrected chi connectivity index (χ4v) is 1.38. The topological polar surface area (TPSA) is 77.5 Å². The van der Waals surface area contributed by atoms with Crippen molar-refractivity contribution in [2.24, 2.45) is 5.84 Å². The summed E-state index contributed by atoms with van der Waals surface area (Å²) in [5, 5.41) is 0. The van der Waals surface area contributed by atoms with Crippen molar-refractivity contribution in [3.8, 4) is 5.75 Å². The monoisotopic (exact) mass is 268 g/mol. The van der Waals surface area contributed by atoms with Crippen LogP contribution in [0.2, 0.25) is 0 Å². The van der Waals surface area contributed by atoms with Gasteiger partial charge in [-0.25, -0.2) is 14.6 Å². The number of amides is 1. The summed E-state index contributed by atoms with van der Waals surface area (Å²) < 4.78 is 35.8. The maximum Gasteiger partial charge on any atom is 0.268 e. The van der Waals surface area contributed by atoms with E-state index in [0.29, 0.717) is 5.76 Å². The number of nitrogens with one attached hydrogen (secondary N) is 1. The Morgan fingerprint density at radius 1 is 1.32 bits per heavy atom. The number of carbonyl (C=O) groups excluding carboxylic acids is 1. The van der Waals surface area contributed by atoms with E-state index in [1.54, 1.807) is 0 Å². The predicted octanol–water partition coefficient (Wildman–Crippen LogP) is 1.74. The molecule has 0 aliphatic carbocycles. The lowest BCUT2D eigenvalue weighted by atomic mass is 10.3. The second-order valence-corrected chi connectivity index (χ2v) is 3.64. The molecule has 0 unspecified atom stereocenters. The molecule has 0 bridgehead atoms. The van der Waals surface area contributed by atoms with Gasteiger partial charge >= 0.3 is 0 Å². The number of ether oxygens (including phenoxy) is 1. The van der Waals surface area contributed by atoms with Gasteiger partial charge in [-0.3, -0.25) is 10.2 Å². The van der Waals surface area contributed by atoms with E-state index >= 15 is 0 Å². The van der Waals surface area contributed by atoms with Crippen LogP contribution in [0.15, 0.2) is 34.9 Å². The first-order chi connectivity index (χ1) is 9.10. The van der Waals surface area contributed by atoms with Crippen LogP contribution in [0.5, 0.6) is 5.75 Å². The largest absolute Gasteiger partial charge is 0.486 e. The first kappa shape index (κ1) is 13.0. The van der Waals surface area contributed by atoms with Crippen LogP contribution < -0.4 is 16.0 Å². The van der Waals surface area contributed by atoms with Crippen molar-refractivity contribution in [1.29, 1.82) is 0 Å². The number of hydrogen-bond donors (Lipinski definition) is 2. The molecule has 0 atom stereocenters. The SMILES string of the molecule is NNC(=O)c1coc(COc2ccc(F)c(F)c2)c1. The van der Waals surface area contributed by atoms with Gasteiger partial charge < -0.3 is 9.15 Å². The lowest BCUT2D eigenvalue weighted by Gasteiger charge is -2.04. The number of furan rings is 1. The first-order valence-electron chi connectivity index (χ1n) is 5.26. The van der Waals surface area contributed by atoms with Crippen LogP contribution in [0.4, 0.5) is 8.78 Å². The number of rotatable bonds is 4. The smallest absolute Gasteiger partial charge is 0.268 e. The molecular formula is C12H10F2N2O3. The molecule has 1 aromatic heterocycles. The fourth-order valence-electron chi connectivity index (χ4n) is 1.38. The summed E-state index contributed by atoms with van der Waals surface area (Å²) in [6.07, 6.45) is 1.21. The van der Waals surface area contributed by atoms with E-state index in [-0.39, 0.29) is 17.9 Å². The number of nitrogens with two attached hydrogens (primary N) is 1. The van der Waals surface area contributed by atoms with Gasteiger partial charge in [0.2, 0.25) is 0 Å². The van der Waals surface area contributed by atoms with Crippen molar-refractivity contribution in [2.75, 3.05) is 0 Å². The van der Waals surface area contributed by atoms with Gasteiger partial charge in [0.1, 0.15) is 24.4 Å². The van der Waals surface area contributed by atoms with E-state index in [4.69, 9.17) is 15.0 Å². The molecule has 3 N–H and O–H groups in total. The number of carbonyl (C=O) groups is 1. The van der Waals surface area contributed by atoms with Crippen molar-refractivity contribution in [3.05, 3.63) is 53.5 Å². The molecule has 0 aliphatic heterocycles. The average Bonchev–Trinajstić information content (AvgIpc) is 2.88. The van der Waals surface area contributed by atoms with Crippen LogP contribution in [-0.2, 0) is 6.61 Å². The average molecular weight is 268 g/mol. The summed E-state index contributed by atoms with van der Waals surface area (Å²) >= 11 is 0. The number of nitrogen functional groups attached to an aromatic ring is 1. The summed E-state index contributed by atoms with van der Waals surface area (Å²) in [4.78, 5) is 11.2. The Kier molecular flexibility index (Phi) is 3.76. The van der Waals surface area contributed by atoms with Crippen LogP contribution in [0.25, 0.3) is 0 Å². The highest BCUT2D eigenvalue weighted by Gasteiger charge is 2.09. The van der Waals surface area contributed by atoms with Gasteiger partial charge in [0.15, 0.2) is 11.6 Å². The lowest BCUT2D eigenvalue weighted by molar-refractivity contribution is 0.0953. The van der Waals surface area contributed by atoms with Crippen LogP contribution >= 0.6 is 0 Å². The Labute approximate surface area is 106 Å². The fraction of sp³-hybridized carbons (Fsp3) is 0.0833. The third-order valence-electron chi connectivity index (χ3n) is 2.32. The molecule has 0 spiro atoms. The predicted molar refractivity (Wildman–Crippen MR) is 61.1 cm³/mol. The minimum Gasteiger partial charge on any atom is -0.486 e. The summed E-state index contributed by atoms with van der Waals surface area (Å²) in [5.74, 6) is 3.01. The zero-order chi connectivity index (χ0) is 13.8. The molecule has 1 amide bonds. The highest BCUT2D eigenvalue weighted by molar-refractivity contribution is 5.93. The third kappa shape index (κ3) is 3.08. The Hall–Kier alpha value is -2.41. The van der Waals surface area contributed by atoms with Crippen LogP contribution in [0, 0.1) is 11.6 Å². The maximum absolute atomic E-state index is 12.9. The van der Waals surface area contributed by atoms with Gasteiger partial charge in [-0.15, -0.1) is 0 Å². The molecule has 0 fully saturated rings. The lowest BCUT2D eigenvalue weighted by Crippen LogP contribution is -2.29. The van der Waals surface area contributed by atoms with E-state index in [1.165, 1.54) is 18.4 Å². The molecule has 5 nitrogen and oxygen atoms in total. The van der Waals surface area contributed by atoms with E-state index in [1.807, 2.05) is 5.43 Å². The van der Waals surface area contributed by atoms with Crippen molar-refractivity contribution in [1.82, 2.24) is 5.43 Å². The second kappa shape index (κ2) is 5.49. The molecule has 100 valence electrons. The molecular weight excluding hydrogens is 258 g/mol. The summed E-state index contributed by atoms with van der Waals surface area (Å²) in [6.45, 7) is -0.0249. The summed E-state index contributed by atoms with van der Waals surface area (Å²) in [6, 6.07) is 4.60. The zero-order valence-electron chi connectivity index (χ0n) is 9.65. The van der Waals surface area contributed by atoms with E-state index in [0.717, 1.165) is 12.1 Å². The molecule has 2 aromatic rings. The second-order valence-electron chi connectivity index (χ2n) is 3.64. The van der Waals surface area contributed by atoms with E-state index in [9.17, 15) is 13.6 Å². The van der Waals surface area contributed by atoms with Crippen molar-refractivity contribution >= 4 is 5.91 Å². The minimum atomic E-state index is -1.000. The van der Waals surface area contributed by atoms with Crippen molar-refractivity contribution in [2.45, 2.75) is 6.61 Å². The molecule has 2 rings (SSSR count). The first-order valence-corrected chi connectivity index (χ1v) is 5.26. The molecule has 0 radical (unpaired) electrons. The Bertz CT molecular complexity index is 598. The summed E-state index contributed by atoms with van der Waals surface area (Å²) in [7, 11) is 0. The minimum absolute atomic E-state index is 0.0249. The Morgan fingerprint density at radius 3 is 2.79 bits per heavy atom. The van der Waals surface area contributed by atoms with Crippen molar-refractivity contribution in [3.63, 3.8) is 0 Å². The molecule has 7 heteroatoms. The van der Waals surface area contributed by atoms with E-state index < -0.39 is 17.5 Å². The number of halogens is 2. The van der Waals surface area contributed by atoms with Gasteiger partial charge in [-0.1, -0.05) is 0 Å². The standard InChI is InChI=1S/C12H10F2N2O3/c13-10-2-1-8(4-11(10)14)19-6-9-3-7(5-18-9)12(17)16-15/h1-5H,6,15H2,(H,16,17). The van der Waals surface area contributed by atoms with Gasteiger partial charge in [-0.05, 0) is 18.2 Å². The molecule has 0 saturated carbocycles. The Balaban J connectivity index is 2.00. The van der Waals surface area contributed by atoms with Crippen LogP contribution in [0.3, 0.4) is 0 Å². The summed E-state index contributed by atoms with van der Waals surface area (Å²) in [5.41, 5.74) is 2.19. The van der Waals surface area contributed by atoms with E-state index in [2.05, 4.69) is 0 Å². The van der Waals surface area contributed by atoms with Gasteiger partial charge in [0.25, 0.3) is 5.91 Å². The molecule has 0 aliphatic rings.